The maximum absolute atomic E-state index is 9.95. The number of hydrogen-bond donors (Lipinski definition) is 2. The third-order valence-corrected chi connectivity index (χ3v) is 5.05. The van der Waals surface area contributed by atoms with Crippen molar-refractivity contribution < 1.29 is 14.6 Å². The van der Waals surface area contributed by atoms with Gasteiger partial charge in [-0.25, -0.2) is 0 Å². The Bertz CT molecular complexity index is 743. The van der Waals surface area contributed by atoms with Gasteiger partial charge in [0.1, 0.15) is 0 Å². The minimum Gasteiger partial charge on any atom is -0.503 e. The van der Waals surface area contributed by atoms with Crippen molar-refractivity contribution in [2.75, 3.05) is 12.4 Å². The summed E-state index contributed by atoms with van der Waals surface area (Å²) in [5.41, 5.74) is 2.68. The maximum Gasteiger partial charge on any atom is 0.176 e. The number of benzene rings is 2. The van der Waals surface area contributed by atoms with Gasteiger partial charge in [0.05, 0.1) is 17.7 Å². The van der Waals surface area contributed by atoms with Crippen LogP contribution in [0.25, 0.3) is 0 Å². The number of nitrogens with one attached hydrogen (secondary N) is 1. The zero-order valence-corrected chi connectivity index (χ0v) is 14.9. The Kier molecular flexibility index (Phi) is 4.61. The predicted molar refractivity (Wildman–Crippen MR) is 95.8 cm³/mol. The summed E-state index contributed by atoms with van der Waals surface area (Å²) in [5.74, 6) is 0.275. The minimum atomic E-state index is -0.369. The van der Waals surface area contributed by atoms with Gasteiger partial charge in [0.25, 0.3) is 0 Å². The van der Waals surface area contributed by atoms with Crippen molar-refractivity contribution in [2.45, 2.75) is 38.5 Å². The van der Waals surface area contributed by atoms with Crippen LogP contribution in [0.1, 0.15) is 44.0 Å². The Morgan fingerprint density at radius 2 is 1.96 bits per heavy atom. The van der Waals surface area contributed by atoms with Gasteiger partial charge in [0, 0.05) is 16.8 Å². The van der Waals surface area contributed by atoms with Crippen molar-refractivity contribution in [1.29, 1.82) is 0 Å². The van der Waals surface area contributed by atoms with Gasteiger partial charge in [-0.3, -0.25) is 0 Å². The molecule has 24 heavy (non-hydrogen) atoms. The van der Waals surface area contributed by atoms with Crippen LogP contribution in [0.4, 0.5) is 5.69 Å². The van der Waals surface area contributed by atoms with Crippen molar-refractivity contribution in [2.24, 2.45) is 0 Å². The minimum absolute atomic E-state index is 0.0589. The van der Waals surface area contributed by atoms with E-state index in [2.05, 4.69) is 31.3 Å². The molecule has 5 heteroatoms. The fraction of sp³-hybridized carbons (Fsp3) is 0.368. The molecule has 1 atom stereocenters. The van der Waals surface area contributed by atoms with E-state index < -0.39 is 0 Å². The summed E-state index contributed by atoms with van der Waals surface area (Å²) in [4.78, 5) is 0. The zero-order valence-electron chi connectivity index (χ0n) is 14.1. The van der Waals surface area contributed by atoms with E-state index in [1.165, 1.54) is 12.7 Å². The van der Waals surface area contributed by atoms with Crippen molar-refractivity contribution in [3.63, 3.8) is 0 Å². The molecule has 0 fully saturated rings. The first-order chi connectivity index (χ1) is 11.5. The average Bonchev–Trinajstić information content (AvgIpc) is 2.62. The van der Waals surface area contributed by atoms with Gasteiger partial charge in [0.2, 0.25) is 0 Å². The summed E-state index contributed by atoms with van der Waals surface area (Å²) in [7, 11) is 1.50. The molecule has 0 aliphatic carbocycles. The normalized spacial score (nSPS) is 18.6. The molecule has 0 saturated heterocycles. The fourth-order valence-electron chi connectivity index (χ4n) is 3.32. The highest BCUT2D eigenvalue weighted by Crippen LogP contribution is 2.47. The Labute approximate surface area is 147 Å². The molecule has 128 valence electrons. The highest BCUT2D eigenvalue weighted by Gasteiger charge is 2.39. The number of methoxy groups -OCH3 is 1. The number of hydrogen-bond acceptors (Lipinski definition) is 4. The lowest BCUT2D eigenvalue weighted by molar-refractivity contribution is -0.103. The van der Waals surface area contributed by atoms with Crippen LogP contribution in [0, 0.1) is 0 Å². The van der Waals surface area contributed by atoms with Gasteiger partial charge in [0.15, 0.2) is 17.7 Å². The van der Waals surface area contributed by atoms with Crippen molar-refractivity contribution in [3.05, 3.63) is 52.5 Å². The molecule has 0 radical (unpaired) electrons. The number of anilines is 1. The average molecular weight is 348 g/mol. The summed E-state index contributed by atoms with van der Waals surface area (Å²) in [6, 6.07) is 11.7. The lowest BCUT2D eigenvalue weighted by Gasteiger charge is -2.43. The van der Waals surface area contributed by atoms with E-state index in [1.54, 1.807) is 12.1 Å². The number of ether oxygens (including phenoxy) is 2. The fourth-order valence-corrected chi connectivity index (χ4v) is 3.53. The molecule has 2 aromatic carbocycles. The van der Waals surface area contributed by atoms with Crippen LogP contribution >= 0.6 is 11.6 Å². The standard InChI is InChI=1S/C19H22ClNO3/c1-4-19(5-2)13-8-6-7-9-15(13)21-18(24-19)12-10-14(20)17(22)16(11-12)23-3/h6-11,18,21-22H,4-5H2,1-3H3/t18-/m0/s1. The van der Waals surface area contributed by atoms with E-state index in [-0.39, 0.29) is 22.6 Å². The van der Waals surface area contributed by atoms with Crippen molar-refractivity contribution in [3.8, 4) is 11.5 Å². The number of phenolic OH excluding ortho intramolecular Hbond substituents is 1. The van der Waals surface area contributed by atoms with E-state index in [0.717, 1.165) is 24.1 Å². The second kappa shape index (κ2) is 6.54. The van der Waals surface area contributed by atoms with Crippen LogP contribution in [-0.2, 0) is 10.3 Å². The second-order valence-electron chi connectivity index (χ2n) is 5.94. The van der Waals surface area contributed by atoms with E-state index >= 15 is 0 Å². The molecule has 1 aliphatic rings. The van der Waals surface area contributed by atoms with Crippen molar-refractivity contribution >= 4 is 17.3 Å². The summed E-state index contributed by atoms with van der Waals surface area (Å²) in [6.07, 6.45) is 1.36. The van der Waals surface area contributed by atoms with Gasteiger partial charge >= 0.3 is 0 Å². The molecule has 3 rings (SSSR count). The maximum atomic E-state index is 9.95. The Hall–Kier alpha value is -1.91. The SMILES string of the molecule is CCC1(CC)O[C@@H](c2cc(Cl)c(O)c(OC)c2)Nc2ccccc21. The molecular formula is C19H22ClNO3. The van der Waals surface area contributed by atoms with Gasteiger partial charge in [-0.2, -0.15) is 0 Å². The number of fused-ring (bicyclic) bond motifs is 1. The summed E-state index contributed by atoms with van der Waals surface area (Å²) in [6.45, 7) is 4.26. The summed E-state index contributed by atoms with van der Waals surface area (Å²) < 4.78 is 11.7. The van der Waals surface area contributed by atoms with E-state index in [9.17, 15) is 5.11 Å². The molecule has 1 aliphatic heterocycles. The first-order valence-corrected chi connectivity index (χ1v) is 8.52. The lowest BCUT2D eigenvalue weighted by Crippen LogP contribution is -2.37. The second-order valence-corrected chi connectivity index (χ2v) is 6.35. The molecule has 1 heterocycles. The lowest BCUT2D eigenvalue weighted by atomic mass is 9.85. The molecule has 0 aromatic heterocycles. The van der Waals surface area contributed by atoms with Crippen LogP contribution in [0.2, 0.25) is 5.02 Å². The van der Waals surface area contributed by atoms with E-state index in [0.29, 0.717) is 5.75 Å². The van der Waals surface area contributed by atoms with Crippen molar-refractivity contribution in [1.82, 2.24) is 0 Å². The monoisotopic (exact) mass is 347 g/mol. The Balaban J connectivity index is 2.07. The smallest absolute Gasteiger partial charge is 0.176 e. The number of para-hydroxylation sites is 1. The highest BCUT2D eigenvalue weighted by atomic mass is 35.5. The third kappa shape index (κ3) is 2.70. The summed E-state index contributed by atoms with van der Waals surface area (Å²) in [5, 5.41) is 13.6. The Morgan fingerprint density at radius 3 is 2.62 bits per heavy atom. The molecule has 4 nitrogen and oxygen atoms in total. The third-order valence-electron chi connectivity index (χ3n) is 4.76. The summed E-state index contributed by atoms with van der Waals surface area (Å²) >= 11 is 6.14. The van der Waals surface area contributed by atoms with Gasteiger partial charge < -0.3 is 19.9 Å². The number of aromatic hydroxyl groups is 1. The van der Waals surface area contributed by atoms with Crippen LogP contribution < -0.4 is 10.1 Å². The first-order valence-electron chi connectivity index (χ1n) is 8.15. The van der Waals surface area contributed by atoms with E-state index in [4.69, 9.17) is 21.1 Å². The molecule has 2 N–H and O–H groups in total. The van der Waals surface area contributed by atoms with Gasteiger partial charge in [-0.05, 0) is 31.0 Å². The van der Waals surface area contributed by atoms with Gasteiger partial charge in [-0.15, -0.1) is 0 Å². The zero-order chi connectivity index (χ0) is 17.3. The number of phenols is 1. The van der Waals surface area contributed by atoms with Crippen LogP contribution in [0.5, 0.6) is 11.5 Å². The van der Waals surface area contributed by atoms with Crippen LogP contribution in [0.15, 0.2) is 36.4 Å². The molecule has 0 bridgehead atoms. The van der Waals surface area contributed by atoms with Crippen LogP contribution in [0.3, 0.4) is 0 Å². The highest BCUT2D eigenvalue weighted by molar-refractivity contribution is 6.32. The van der Waals surface area contributed by atoms with E-state index in [1.807, 2.05) is 12.1 Å². The largest absolute Gasteiger partial charge is 0.503 e. The quantitative estimate of drug-likeness (QED) is 0.797. The molecular weight excluding hydrogens is 326 g/mol. The molecule has 0 amide bonds. The predicted octanol–water partition coefficient (Wildman–Crippen LogP) is 5.21. The molecule has 0 saturated carbocycles. The number of rotatable bonds is 4. The first kappa shape index (κ1) is 16.9. The number of halogens is 1. The topological polar surface area (TPSA) is 50.7 Å². The molecule has 0 spiro atoms. The van der Waals surface area contributed by atoms with Crippen LogP contribution in [-0.4, -0.2) is 12.2 Å². The molecule has 2 aromatic rings. The molecule has 0 unspecified atom stereocenters. The van der Waals surface area contributed by atoms with Gasteiger partial charge in [-0.1, -0.05) is 43.6 Å². The Morgan fingerprint density at radius 1 is 1.25 bits per heavy atom.